The van der Waals surface area contributed by atoms with Crippen molar-refractivity contribution in [1.29, 1.82) is 0 Å². The fraction of sp³-hybridized carbons (Fsp3) is 0.269. The molecular formula is C26H27Cl2N3O2. The number of benzene rings is 3. The molecule has 33 heavy (non-hydrogen) atoms. The molecule has 0 aliphatic carbocycles. The summed E-state index contributed by atoms with van der Waals surface area (Å²) < 4.78 is 11.8. The second kappa shape index (κ2) is 11.4. The number of halogens is 2. The van der Waals surface area contributed by atoms with Crippen molar-refractivity contribution in [1.82, 2.24) is 15.3 Å². The van der Waals surface area contributed by atoms with Crippen LogP contribution in [-0.4, -0.2) is 23.1 Å². The zero-order chi connectivity index (χ0) is 23.0. The van der Waals surface area contributed by atoms with Crippen molar-refractivity contribution in [2.75, 3.05) is 13.2 Å². The Labute approximate surface area is 204 Å². The van der Waals surface area contributed by atoms with E-state index in [-0.39, 0.29) is 0 Å². The van der Waals surface area contributed by atoms with Gasteiger partial charge < -0.3 is 19.8 Å². The second-order valence-corrected chi connectivity index (χ2v) is 8.51. The summed E-state index contributed by atoms with van der Waals surface area (Å²) in [6.45, 7) is 4.33. The van der Waals surface area contributed by atoms with Gasteiger partial charge in [0, 0.05) is 23.6 Å². The lowest BCUT2D eigenvalue weighted by atomic mass is 10.2. The standard InChI is InChI=1S/C26H27Cl2N3O2/c1-2-32-24-15-18(14-21(28)26(24)33-17-19-8-3-4-9-20(19)27)16-29-13-7-12-25-30-22-10-5-6-11-23(22)31-25/h3-6,8-11,14-15,29H,2,7,12-13,16-17H2,1H3,(H,30,31). The van der Waals surface area contributed by atoms with E-state index >= 15 is 0 Å². The highest BCUT2D eigenvalue weighted by Gasteiger charge is 2.14. The number of ether oxygens (including phenoxy) is 2. The van der Waals surface area contributed by atoms with Crippen molar-refractivity contribution < 1.29 is 9.47 Å². The van der Waals surface area contributed by atoms with Crippen LogP contribution in [0.2, 0.25) is 10.0 Å². The fourth-order valence-corrected chi connectivity index (χ4v) is 4.11. The Hall–Kier alpha value is -2.73. The molecule has 0 spiro atoms. The first-order chi connectivity index (χ1) is 16.1. The van der Waals surface area contributed by atoms with Gasteiger partial charge in [-0.1, -0.05) is 53.5 Å². The summed E-state index contributed by atoms with van der Waals surface area (Å²) in [4.78, 5) is 8.00. The van der Waals surface area contributed by atoms with Crippen LogP contribution in [0, 0.1) is 0 Å². The summed E-state index contributed by atoms with van der Waals surface area (Å²) in [5.74, 6) is 2.18. The normalized spacial score (nSPS) is 11.1. The highest BCUT2D eigenvalue weighted by molar-refractivity contribution is 6.32. The largest absolute Gasteiger partial charge is 0.490 e. The van der Waals surface area contributed by atoms with Crippen molar-refractivity contribution in [3.05, 3.63) is 87.7 Å². The molecule has 0 atom stereocenters. The van der Waals surface area contributed by atoms with E-state index in [1.165, 1.54) is 0 Å². The van der Waals surface area contributed by atoms with Gasteiger partial charge in [-0.3, -0.25) is 0 Å². The van der Waals surface area contributed by atoms with Gasteiger partial charge in [-0.2, -0.15) is 0 Å². The number of para-hydroxylation sites is 2. The quantitative estimate of drug-likeness (QED) is 0.237. The molecule has 1 heterocycles. The number of H-pyrrole nitrogens is 1. The smallest absolute Gasteiger partial charge is 0.180 e. The molecule has 4 rings (SSSR count). The highest BCUT2D eigenvalue weighted by Crippen LogP contribution is 2.37. The van der Waals surface area contributed by atoms with Gasteiger partial charge in [-0.15, -0.1) is 0 Å². The third-order valence-corrected chi connectivity index (χ3v) is 5.88. The van der Waals surface area contributed by atoms with Gasteiger partial charge in [0.1, 0.15) is 12.4 Å². The van der Waals surface area contributed by atoms with E-state index in [0.717, 1.165) is 47.4 Å². The summed E-state index contributed by atoms with van der Waals surface area (Å²) in [5, 5.41) is 4.66. The fourth-order valence-electron chi connectivity index (χ4n) is 3.63. The molecule has 1 aromatic heterocycles. The van der Waals surface area contributed by atoms with Gasteiger partial charge in [0.15, 0.2) is 11.5 Å². The van der Waals surface area contributed by atoms with Crippen LogP contribution in [0.4, 0.5) is 0 Å². The first-order valence-electron chi connectivity index (χ1n) is 11.1. The van der Waals surface area contributed by atoms with Crippen LogP contribution < -0.4 is 14.8 Å². The number of aryl methyl sites for hydroxylation is 1. The molecule has 3 aromatic carbocycles. The number of imidazole rings is 1. The molecule has 0 unspecified atom stereocenters. The number of hydrogen-bond donors (Lipinski definition) is 2. The molecule has 0 amide bonds. The van der Waals surface area contributed by atoms with Crippen molar-refractivity contribution in [3.63, 3.8) is 0 Å². The Morgan fingerprint density at radius 1 is 0.970 bits per heavy atom. The van der Waals surface area contributed by atoms with Crippen molar-refractivity contribution in [2.24, 2.45) is 0 Å². The Kier molecular flexibility index (Phi) is 8.10. The molecule has 0 aliphatic heterocycles. The summed E-state index contributed by atoms with van der Waals surface area (Å²) in [6, 6.07) is 19.6. The lowest BCUT2D eigenvalue weighted by molar-refractivity contribution is 0.269. The lowest BCUT2D eigenvalue weighted by Crippen LogP contribution is -2.15. The molecule has 0 saturated carbocycles. The van der Waals surface area contributed by atoms with Gasteiger partial charge >= 0.3 is 0 Å². The molecule has 0 aliphatic rings. The number of hydrogen-bond acceptors (Lipinski definition) is 4. The van der Waals surface area contributed by atoms with Crippen LogP contribution in [0.5, 0.6) is 11.5 Å². The van der Waals surface area contributed by atoms with Crippen molar-refractivity contribution in [2.45, 2.75) is 32.9 Å². The van der Waals surface area contributed by atoms with E-state index in [1.807, 2.05) is 67.6 Å². The maximum atomic E-state index is 6.56. The molecule has 0 saturated heterocycles. The van der Waals surface area contributed by atoms with Gasteiger partial charge in [-0.25, -0.2) is 4.98 Å². The van der Waals surface area contributed by atoms with Crippen LogP contribution in [0.25, 0.3) is 11.0 Å². The highest BCUT2D eigenvalue weighted by atomic mass is 35.5. The summed E-state index contributed by atoms with van der Waals surface area (Å²) in [5.41, 5.74) is 4.02. The summed E-state index contributed by atoms with van der Waals surface area (Å²) >= 11 is 12.8. The molecule has 4 aromatic rings. The Morgan fingerprint density at radius 3 is 2.61 bits per heavy atom. The number of aromatic nitrogens is 2. The number of rotatable bonds is 11. The minimum Gasteiger partial charge on any atom is -0.490 e. The topological polar surface area (TPSA) is 59.2 Å². The van der Waals surface area contributed by atoms with Gasteiger partial charge in [0.05, 0.1) is 22.7 Å². The number of aromatic amines is 1. The van der Waals surface area contributed by atoms with E-state index < -0.39 is 0 Å². The van der Waals surface area contributed by atoms with E-state index in [2.05, 4.69) is 15.3 Å². The molecule has 0 bridgehead atoms. The van der Waals surface area contributed by atoms with E-state index in [1.54, 1.807) is 0 Å². The van der Waals surface area contributed by atoms with Gasteiger partial charge in [0.25, 0.3) is 0 Å². The predicted molar refractivity (Wildman–Crippen MR) is 135 cm³/mol. The zero-order valence-electron chi connectivity index (χ0n) is 18.5. The monoisotopic (exact) mass is 483 g/mol. The van der Waals surface area contributed by atoms with Crippen LogP contribution in [0.15, 0.2) is 60.7 Å². The Morgan fingerprint density at radius 2 is 1.79 bits per heavy atom. The molecular weight excluding hydrogens is 457 g/mol. The molecule has 0 radical (unpaired) electrons. The predicted octanol–water partition coefficient (Wildman–Crippen LogP) is 6.57. The van der Waals surface area contributed by atoms with Crippen LogP contribution in [0.3, 0.4) is 0 Å². The summed E-state index contributed by atoms with van der Waals surface area (Å²) in [7, 11) is 0. The zero-order valence-corrected chi connectivity index (χ0v) is 20.0. The molecule has 0 fully saturated rings. The number of nitrogens with zero attached hydrogens (tertiary/aromatic N) is 1. The molecule has 2 N–H and O–H groups in total. The first-order valence-corrected chi connectivity index (χ1v) is 11.9. The maximum absolute atomic E-state index is 6.56. The van der Waals surface area contributed by atoms with Gasteiger partial charge in [-0.05, 0) is 55.8 Å². The molecule has 5 nitrogen and oxygen atoms in total. The third-order valence-electron chi connectivity index (χ3n) is 5.23. The second-order valence-electron chi connectivity index (χ2n) is 7.70. The third kappa shape index (κ3) is 6.20. The molecule has 7 heteroatoms. The Bertz CT molecular complexity index is 1180. The first kappa shape index (κ1) is 23.4. The van der Waals surface area contributed by atoms with Gasteiger partial charge in [0.2, 0.25) is 0 Å². The van der Waals surface area contributed by atoms with Crippen LogP contribution in [0.1, 0.15) is 30.3 Å². The van der Waals surface area contributed by atoms with Crippen molar-refractivity contribution >= 4 is 34.2 Å². The number of fused-ring (bicyclic) bond motifs is 1. The average molecular weight is 484 g/mol. The SMILES string of the molecule is CCOc1cc(CNCCCc2nc3ccccc3[nH]2)cc(Cl)c1OCc1ccccc1Cl. The minimum atomic E-state index is 0.318. The molecule has 172 valence electrons. The minimum absolute atomic E-state index is 0.318. The van der Waals surface area contributed by atoms with Crippen LogP contribution >= 0.6 is 23.2 Å². The lowest BCUT2D eigenvalue weighted by Gasteiger charge is -2.16. The van der Waals surface area contributed by atoms with Crippen LogP contribution in [-0.2, 0) is 19.6 Å². The van der Waals surface area contributed by atoms with Crippen molar-refractivity contribution in [3.8, 4) is 11.5 Å². The van der Waals surface area contributed by atoms with E-state index in [4.69, 9.17) is 32.7 Å². The summed E-state index contributed by atoms with van der Waals surface area (Å²) in [6.07, 6.45) is 1.87. The van der Waals surface area contributed by atoms with E-state index in [9.17, 15) is 0 Å². The Balaban J connectivity index is 1.32. The average Bonchev–Trinajstić information content (AvgIpc) is 3.22. The van der Waals surface area contributed by atoms with E-state index in [0.29, 0.717) is 41.3 Å². The number of nitrogens with one attached hydrogen (secondary N) is 2. The maximum Gasteiger partial charge on any atom is 0.180 e.